The van der Waals surface area contributed by atoms with E-state index >= 15 is 0 Å². The van der Waals surface area contributed by atoms with Gasteiger partial charge >= 0.3 is 5.97 Å². The first-order chi connectivity index (χ1) is 12.6. The lowest BCUT2D eigenvalue weighted by Crippen LogP contribution is -2.50. The molecular formula is C23H26O3. The molecule has 0 unspecified atom stereocenters. The van der Waals surface area contributed by atoms with Crippen LogP contribution in [0.4, 0.5) is 0 Å². The maximum absolute atomic E-state index is 11.6. The van der Waals surface area contributed by atoms with Gasteiger partial charge in [0.2, 0.25) is 0 Å². The number of carboxylic acids is 1. The van der Waals surface area contributed by atoms with Crippen LogP contribution in [0.3, 0.4) is 0 Å². The highest BCUT2D eigenvalue weighted by Gasteiger charge is 2.62. The average Bonchev–Trinajstić information content (AvgIpc) is 2.98. The van der Waals surface area contributed by atoms with Crippen LogP contribution in [0.15, 0.2) is 48.6 Å². The van der Waals surface area contributed by atoms with Crippen LogP contribution in [0, 0.1) is 47.3 Å². The van der Waals surface area contributed by atoms with Gasteiger partial charge < -0.3 is 10.2 Å². The largest absolute Gasteiger partial charge is 0.508 e. The summed E-state index contributed by atoms with van der Waals surface area (Å²) in [6.07, 6.45) is 13.6. The molecular weight excluding hydrogens is 324 g/mol. The Kier molecular flexibility index (Phi) is 3.73. The van der Waals surface area contributed by atoms with Crippen LogP contribution in [0.2, 0.25) is 0 Å². The summed E-state index contributed by atoms with van der Waals surface area (Å²) in [5, 5.41) is 18.9. The molecule has 26 heavy (non-hydrogen) atoms. The Morgan fingerprint density at radius 2 is 1.77 bits per heavy atom. The zero-order valence-electron chi connectivity index (χ0n) is 14.9. The standard InChI is InChI=1S/C23H26O3/c24-15-7-4-13(5-8-15)2-1-3-16-17-10-11-18-19(23(25)26)9-6-14-12-20(16)22(17)21(14)18/h4-11,14,16-22,24H,1-3,12H2,(H,25,26)/t14-,16-,17-,18+,19-,20+,21-,22-/m1/s1. The SMILES string of the molecule is O=C(O)[C@@H]1C=C[C@@H]2C[C@H]3[C@H](CCCc4ccc(O)cc4)[C@H]4C=C[C@@H]1[C@@H]2[C@H]43. The molecule has 2 saturated carbocycles. The number of aryl methyl sites for hydroxylation is 1. The predicted octanol–water partition coefficient (Wildman–Crippen LogP) is 4.29. The molecule has 0 bridgehead atoms. The minimum atomic E-state index is -0.666. The van der Waals surface area contributed by atoms with Crippen molar-refractivity contribution >= 4 is 5.97 Å². The Morgan fingerprint density at radius 1 is 1.00 bits per heavy atom. The third kappa shape index (κ3) is 2.36. The third-order valence-corrected chi connectivity index (χ3v) is 7.67. The Morgan fingerprint density at radius 3 is 2.54 bits per heavy atom. The molecule has 0 spiro atoms. The zero-order chi connectivity index (χ0) is 17.8. The van der Waals surface area contributed by atoms with Crippen LogP contribution in [-0.2, 0) is 11.2 Å². The van der Waals surface area contributed by atoms with Gasteiger partial charge in [0.25, 0.3) is 0 Å². The summed E-state index contributed by atoms with van der Waals surface area (Å²) >= 11 is 0. The van der Waals surface area contributed by atoms with Crippen molar-refractivity contribution in [2.75, 3.05) is 0 Å². The van der Waals surface area contributed by atoms with Gasteiger partial charge in [-0.15, -0.1) is 0 Å². The van der Waals surface area contributed by atoms with Crippen molar-refractivity contribution in [3.63, 3.8) is 0 Å². The summed E-state index contributed by atoms with van der Waals surface area (Å²) in [7, 11) is 0. The Hall–Kier alpha value is -2.03. The summed E-state index contributed by atoms with van der Waals surface area (Å²) in [5.74, 6) is 3.69. The minimum Gasteiger partial charge on any atom is -0.508 e. The highest BCUT2D eigenvalue weighted by molar-refractivity contribution is 5.73. The highest BCUT2D eigenvalue weighted by atomic mass is 16.4. The first-order valence-electron chi connectivity index (χ1n) is 10.0. The van der Waals surface area contributed by atoms with Gasteiger partial charge in [-0.05, 0) is 84.8 Å². The van der Waals surface area contributed by atoms with E-state index in [1.807, 2.05) is 18.2 Å². The second kappa shape index (κ2) is 6.00. The van der Waals surface area contributed by atoms with Gasteiger partial charge in [-0.3, -0.25) is 4.79 Å². The molecule has 3 nitrogen and oxygen atoms in total. The molecule has 0 saturated heterocycles. The van der Waals surface area contributed by atoms with E-state index in [1.165, 1.54) is 24.8 Å². The number of phenols is 1. The lowest BCUT2D eigenvalue weighted by atomic mass is 9.50. The van der Waals surface area contributed by atoms with E-state index in [0.29, 0.717) is 23.5 Å². The second-order valence-electron chi connectivity index (χ2n) is 8.73. The van der Waals surface area contributed by atoms with Crippen LogP contribution in [0.5, 0.6) is 5.75 Å². The lowest BCUT2D eigenvalue weighted by molar-refractivity contribution is -0.143. The van der Waals surface area contributed by atoms with E-state index in [0.717, 1.165) is 24.2 Å². The fourth-order valence-corrected chi connectivity index (χ4v) is 6.64. The van der Waals surface area contributed by atoms with Crippen molar-refractivity contribution in [2.45, 2.75) is 25.7 Å². The van der Waals surface area contributed by atoms with Gasteiger partial charge in [0.15, 0.2) is 0 Å². The Balaban J connectivity index is 1.27. The molecule has 4 aliphatic rings. The zero-order valence-corrected chi connectivity index (χ0v) is 14.9. The van der Waals surface area contributed by atoms with Gasteiger partial charge in [-0.1, -0.05) is 36.4 Å². The molecule has 1 aromatic carbocycles. The van der Waals surface area contributed by atoms with Gasteiger partial charge in [0.1, 0.15) is 5.75 Å². The minimum absolute atomic E-state index is 0.215. The number of aliphatic carboxylic acids is 1. The lowest BCUT2D eigenvalue weighted by Gasteiger charge is -2.54. The van der Waals surface area contributed by atoms with Crippen LogP contribution in [-0.4, -0.2) is 16.2 Å². The van der Waals surface area contributed by atoms with Crippen molar-refractivity contribution in [3.8, 4) is 5.75 Å². The summed E-state index contributed by atoms with van der Waals surface area (Å²) < 4.78 is 0. The summed E-state index contributed by atoms with van der Waals surface area (Å²) in [5.41, 5.74) is 1.30. The van der Waals surface area contributed by atoms with Crippen molar-refractivity contribution in [1.29, 1.82) is 0 Å². The average molecular weight is 350 g/mol. The maximum atomic E-state index is 11.6. The van der Waals surface area contributed by atoms with Crippen molar-refractivity contribution in [1.82, 2.24) is 0 Å². The van der Waals surface area contributed by atoms with Crippen LogP contribution < -0.4 is 0 Å². The molecule has 0 aliphatic heterocycles. The van der Waals surface area contributed by atoms with Gasteiger partial charge in [0, 0.05) is 0 Å². The summed E-state index contributed by atoms with van der Waals surface area (Å²) in [6.45, 7) is 0. The van der Waals surface area contributed by atoms with Crippen LogP contribution in [0.1, 0.15) is 24.8 Å². The topological polar surface area (TPSA) is 57.5 Å². The molecule has 1 aromatic rings. The van der Waals surface area contributed by atoms with Gasteiger partial charge in [0.05, 0.1) is 5.92 Å². The summed E-state index contributed by atoms with van der Waals surface area (Å²) in [4.78, 5) is 11.6. The van der Waals surface area contributed by atoms with E-state index in [1.54, 1.807) is 12.1 Å². The number of carbonyl (C=O) groups is 1. The van der Waals surface area contributed by atoms with E-state index in [4.69, 9.17) is 0 Å². The maximum Gasteiger partial charge on any atom is 0.310 e. The molecule has 8 atom stereocenters. The first kappa shape index (κ1) is 16.2. The molecule has 0 aromatic heterocycles. The predicted molar refractivity (Wildman–Crippen MR) is 99.5 cm³/mol. The van der Waals surface area contributed by atoms with Crippen LogP contribution >= 0.6 is 0 Å². The number of phenolic OH excluding ortho intramolecular Hbond substituents is 1. The second-order valence-corrected chi connectivity index (χ2v) is 8.73. The van der Waals surface area contributed by atoms with Crippen molar-refractivity contribution in [3.05, 3.63) is 54.1 Å². The molecule has 0 heterocycles. The monoisotopic (exact) mass is 350 g/mol. The molecule has 0 radical (unpaired) electrons. The third-order valence-electron chi connectivity index (χ3n) is 7.67. The fraction of sp³-hybridized carbons (Fsp3) is 0.522. The Bertz CT molecular complexity index is 762. The summed E-state index contributed by atoms with van der Waals surface area (Å²) in [6, 6.07) is 7.58. The van der Waals surface area contributed by atoms with E-state index in [-0.39, 0.29) is 11.8 Å². The number of rotatable bonds is 5. The molecule has 0 amide bonds. The molecule has 3 heteroatoms. The van der Waals surface area contributed by atoms with Crippen molar-refractivity contribution < 1.29 is 15.0 Å². The highest BCUT2D eigenvalue weighted by Crippen LogP contribution is 2.67. The van der Waals surface area contributed by atoms with E-state index in [9.17, 15) is 15.0 Å². The smallest absolute Gasteiger partial charge is 0.310 e. The quantitative estimate of drug-likeness (QED) is 0.779. The number of hydrogen-bond acceptors (Lipinski definition) is 2. The number of carboxylic acid groups (broad SMARTS) is 1. The molecule has 136 valence electrons. The molecule has 4 aliphatic carbocycles. The van der Waals surface area contributed by atoms with Crippen LogP contribution in [0.25, 0.3) is 0 Å². The van der Waals surface area contributed by atoms with Crippen molar-refractivity contribution in [2.24, 2.45) is 47.3 Å². The molecule has 5 rings (SSSR count). The van der Waals surface area contributed by atoms with Gasteiger partial charge in [-0.25, -0.2) is 0 Å². The molecule has 2 fully saturated rings. The number of benzene rings is 1. The fourth-order valence-electron chi connectivity index (χ4n) is 6.64. The number of hydrogen-bond donors (Lipinski definition) is 2. The van der Waals surface area contributed by atoms with E-state index < -0.39 is 5.97 Å². The van der Waals surface area contributed by atoms with E-state index in [2.05, 4.69) is 18.2 Å². The molecule has 2 N–H and O–H groups in total. The first-order valence-corrected chi connectivity index (χ1v) is 10.0. The van der Waals surface area contributed by atoms with Gasteiger partial charge in [-0.2, -0.15) is 0 Å². The normalized spacial score (nSPS) is 41.5. The Labute approximate surface area is 154 Å². The number of aromatic hydroxyl groups is 1. The number of allylic oxidation sites excluding steroid dienone is 3.